The maximum atomic E-state index is 12.3. The molecule has 0 aliphatic rings. The number of ether oxygens (including phenoxy) is 1. The molecular weight excluding hydrogens is 304 g/mol. The Balaban J connectivity index is 2.49. The van der Waals surface area contributed by atoms with Crippen molar-refractivity contribution in [3.05, 3.63) is 56.7 Å². The van der Waals surface area contributed by atoms with E-state index in [0.29, 0.717) is 10.6 Å². The summed E-state index contributed by atoms with van der Waals surface area (Å²) in [4.78, 5) is 25.4. The van der Waals surface area contributed by atoms with E-state index in [2.05, 4.69) is 0 Å². The van der Waals surface area contributed by atoms with Gasteiger partial charge in [-0.15, -0.1) is 0 Å². The summed E-state index contributed by atoms with van der Waals surface area (Å²) in [6, 6.07) is 9.50. The fraction of sp³-hybridized carbons (Fsp3) is 0.333. The van der Waals surface area contributed by atoms with Crippen LogP contribution in [0.1, 0.15) is 5.56 Å². The third-order valence-corrected chi connectivity index (χ3v) is 4.35. The fourth-order valence-electron chi connectivity index (χ4n) is 1.97. The molecule has 1 aromatic heterocycles. The van der Waals surface area contributed by atoms with E-state index in [1.54, 1.807) is 6.92 Å². The van der Waals surface area contributed by atoms with E-state index in [0.717, 1.165) is 9.46 Å². The number of benzene rings is 1. The highest BCUT2D eigenvalue weighted by Gasteiger charge is 2.15. The Hall–Kier alpha value is -1.83. The second kappa shape index (κ2) is 7.44. The van der Waals surface area contributed by atoms with Crippen LogP contribution in [0.5, 0.6) is 0 Å². The van der Waals surface area contributed by atoms with E-state index < -0.39 is 5.69 Å². The Labute approximate surface area is 132 Å². The van der Waals surface area contributed by atoms with Gasteiger partial charge in [-0.3, -0.25) is 13.9 Å². The average Bonchev–Trinajstić information content (AvgIpc) is 2.54. The summed E-state index contributed by atoms with van der Waals surface area (Å²) < 4.78 is 7.73. The molecule has 0 bridgehead atoms. The zero-order valence-electron chi connectivity index (χ0n) is 12.5. The molecule has 0 saturated heterocycles. The molecule has 0 amide bonds. The smallest absolute Gasteiger partial charge is 0.333 e. The first-order valence-corrected chi connectivity index (χ1v) is 7.60. The van der Waals surface area contributed by atoms with Crippen molar-refractivity contribution < 1.29 is 9.84 Å². The molecule has 22 heavy (non-hydrogen) atoms. The highest BCUT2D eigenvalue weighted by Crippen LogP contribution is 2.27. The molecule has 0 aliphatic heterocycles. The van der Waals surface area contributed by atoms with Gasteiger partial charge in [-0.1, -0.05) is 30.0 Å². The number of aromatic nitrogens is 2. The van der Waals surface area contributed by atoms with Gasteiger partial charge in [-0.2, -0.15) is 0 Å². The number of aliphatic hydroxyl groups is 1. The molecule has 0 radical (unpaired) electrons. The van der Waals surface area contributed by atoms with Gasteiger partial charge >= 0.3 is 5.69 Å². The summed E-state index contributed by atoms with van der Waals surface area (Å²) in [6.07, 6.45) is 0. The van der Waals surface area contributed by atoms with Gasteiger partial charge in [-0.25, -0.2) is 4.79 Å². The summed E-state index contributed by atoms with van der Waals surface area (Å²) in [5, 5.41) is 9.35. The van der Waals surface area contributed by atoms with Crippen molar-refractivity contribution in [3.8, 4) is 0 Å². The van der Waals surface area contributed by atoms with Crippen molar-refractivity contribution in [2.24, 2.45) is 7.05 Å². The maximum Gasteiger partial charge on any atom is 0.333 e. The van der Waals surface area contributed by atoms with Gasteiger partial charge in [0.2, 0.25) is 0 Å². The third kappa shape index (κ3) is 3.49. The van der Waals surface area contributed by atoms with Crippen molar-refractivity contribution in [3.63, 3.8) is 0 Å². The van der Waals surface area contributed by atoms with Crippen LogP contribution in [0.3, 0.4) is 0 Å². The lowest BCUT2D eigenvalue weighted by Crippen LogP contribution is -2.40. The van der Waals surface area contributed by atoms with E-state index in [-0.39, 0.29) is 25.5 Å². The number of hydrogen-bond donors (Lipinski definition) is 1. The largest absolute Gasteiger partial charge is 0.394 e. The predicted octanol–water partition coefficient (Wildman–Crippen LogP) is 0.973. The lowest BCUT2D eigenvalue weighted by atomic mass is 10.4. The summed E-state index contributed by atoms with van der Waals surface area (Å²) in [6.45, 7) is 1.68. The van der Waals surface area contributed by atoms with Gasteiger partial charge < -0.3 is 9.84 Å². The second-order valence-electron chi connectivity index (χ2n) is 4.68. The van der Waals surface area contributed by atoms with Gasteiger partial charge in [0.05, 0.1) is 18.2 Å². The minimum atomic E-state index is -0.438. The molecule has 0 aliphatic carbocycles. The average molecular weight is 322 g/mol. The maximum absolute atomic E-state index is 12.3. The van der Waals surface area contributed by atoms with Crippen LogP contribution in [0, 0.1) is 6.92 Å². The lowest BCUT2D eigenvalue weighted by Gasteiger charge is -2.16. The normalized spacial score (nSPS) is 10.9. The molecule has 0 saturated carbocycles. The summed E-state index contributed by atoms with van der Waals surface area (Å²) in [5.74, 6) is 0. The highest BCUT2D eigenvalue weighted by atomic mass is 32.2. The van der Waals surface area contributed by atoms with Crippen LogP contribution in [0.15, 0.2) is 49.8 Å². The van der Waals surface area contributed by atoms with Gasteiger partial charge in [0.1, 0.15) is 6.73 Å². The van der Waals surface area contributed by atoms with Crippen molar-refractivity contribution in [1.29, 1.82) is 0 Å². The van der Waals surface area contributed by atoms with Crippen LogP contribution >= 0.6 is 11.8 Å². The molecule has 7 heteroatoms. The molecule has 2 aromatic rings. The Morgan fingerprint density at radius 1 is 1.23 bits per heavy atom. The molecule has 0 fully saturated rings. The second-order valence-corrected chi connectivity index (χ2v) is 5.74. The molecule has 1 heterocycles. The lowest BCUT2D eigenvalue weighted by molar-refractivity contribution is 0.0404. The van der Waals surface area contributed by atoms with Crippen molar-refractivity contribution >= 4 is 11.8 Å². The van der Waals surface area contributed by atoms with Gasteiger partial charge in [0.15, 0.2) is 0 Å². The van der Waals surface area contributed by atoms with Gasteiger partial charge in [0, 0.05) is 17.5 Å². The molecule has 2 rings (SSSR count). The van der Waals surface area contributed by atoms with E-state index in [4.69, 9.17) is 9.84 Å². The first-order valence-electron chi connectivity index (χ1n) is 6.78. The van der Waals surface area contributed by atoms with Crippen LogP contribution in [0.4, 0.5) is 0 Å². The van der Waals surface area contributed by atoms with Crippen molar-refractivity contribution in [2.75, 3.05) is 13.2 Å². The molecule has 0 unspecified atom stereocenters. The molecule has 118 valence electrons. The van der Waals surface area contributed by atoms with Crippen LogP contribution in [-0.4, -0.2) is 27.5 Å². The highest BCUT2D eigenvalue weighted by molar-refractivity contribution is 7.99. The first-order chi connectivity index (χ1) is 10.6. The first kappa shape index (κ1) is 16.5. The number of hydrogen-bond acceptors (Lipinski definition) is 5. The van der Waals surface area contributed by atoms with Crippen molar-refractivity contribution in [1.82, 2.24) is 9.13 Å². The SMILES string of the molecule is Cc1c(Sc2ccccc2)n(COCCO)c(=O)n(C)c1=O. The molecule has 0 spiro atoms. The fourth-order valence-corrected chi connectivity index (χ4v) is 2.96. The molecule has 1 N–H and O–H groups in total. The Morgan fingerprint density at radius 3 is 2.55 bits per heavy atom. The van der Waals surface area contributed by atoms with Crippen molar-refractivity contribution in [2.45, 2.75) is 23.6 Å². The van der Waals surface area contributed by atoms with Crippen LogP contribution in [-0.2, 0) is 18.5 Å². The zero-order chi connectivity index (χ0) is 16.1. The summed E-state index contributed by atoms with van der Waals surface area (Å²) in [7, 11) is 1.44. The van der Waals surface area contributed by atoms with Crippen LogP contribution in [0.2, 0.25) is 0 Å². The minimum absolute atomic E-state index is 0.0104. The Morgan fingerprint density at radius 2 is 1.91 bits per heavy atom. The number of aliphatic hydroxyl groups excluding tert-OH is 1. The standard InChI is InChI=1S/C15H18N2O4S/c1-11-13(19)16(2)15(20)17(10-21-9-8-18)14(11)22-12-6-4-3-5-7-12/h3-7,18H,8-10H2,1-2H3. The summed E-state index contributed by atoms with van der Waals surface area (Å²) >= 11 is 1.34. The van der Waals surface area contributed by atoms with E-state index in [9.17, 15) is 9.59 Å². The zero-order valence-corrected chi connectivity index (χ0v) is 13.3. The molecule has 0 atom stereocenters. The van der Waals surface area contributed by atoms with Gasteiger partial charge in [-0.05, 0) is 19.1 Å². The van der Waals surface area contributed by atoms with Gasteiger partial charge in [0.25, 0.3) is 5.56 Å². The van der Waals surface area contributed by atoms with Crippen LogP contribution in [0.25, 0.3) is 0 Å². The quantitative estimate of drug-likeness (QED) is 0.634. The molecule has 1 aromatic carbocycles. The Bertz CT molecular complexity index is 753. The number of nitrogens with zero attached hydrogens (tertiary/aromatic N) is 2. The monoisotopic (exact) mass is 322 g/mol. The van der Waals surface area contributed by atoms with E-state index in [1.165, 1.54) is 23.4 Å². The van der Waals surface area contributed by atoms with E-state index in [1.807, 2.05) is 30.3 Å². The summed E-state index contributed by atoms with van der Waals surface area (Å²) in [5.41, 5.74) is -0.266. The third-order valence-electron chi connectivity index (χ3n) is 3.12. The molecular formula is C15H18N2O4S. The Kier molecular flexibility index (Phi) is 5.59. The number of rotatable bonds is 6. The topological polar surface area (TPSA) is 73.5 Å². The minimum Gasteiger partial charge on any atom is -0.394 e. The van der Waals surface area contributed by atoms with E-state index >= 15 is 0 Å². The van der Waals surface area contributed by atoms with Crippen LogP contribution < -0.4 is 11.2 Å². The molecule has 6 nitrogen and oxygen atoms in total. The predicted molar refractivity (Wildman–Crippen MR) is 84.3 cm³/mol.